The average molecular weight is 1600 g/mol. The summed E-state index contributed by atoms with van der Waals surface area (Å²) in [6, 6.07) is 43.9. The van der Waals surface area contributed by atoms with Gasteiger partial charge in [0, 0.05) is 168 Å². The van der Waals surface area contributed by atoms with Gasteiger partial charge in [0.05, 0.1) is 0 Å². The van der Waals surface area contributed by atoms with E-state index in [0.717, 1.165) is 80.6 Å². The van der Waals surface area contributed by atoms with Crippen LogP contribution in [0.4, 0.5) is 0 Å². The van der Waals surface area contributed by atoms with Crippen LogP contribution in [0.25, 0.3) is 0 Å². The second kappa shape index (κ2) is 50.2. The summed E-state index contributed by atoms with van der Waals surface area (Å²) in [5, 5.41) is 56.3. The minimum atomic E-state index is -4.94. The van der Waals surface area contributed by atoms with E-state index < -0.39 is 20.5 Å². The molecule has 0 aliphatic carbocycles. The molecule has 0 spiro atoms. The van der Waals surface area contributed by atoms with Crippen LogP contribution < -0.4 is 47.5 Å². The number of hydrogen-bond donors (Lipinski definition) is 4. The summed E-state index contributed by atoms with van der Waals surface area (Å²) in [5.41, 5.74) is 6.69. The van der Waals surface area contributed by atoms with Gasteiger partial charge in [-0.3, -0.25) is 39.9 Å². The van der Waals surface area contributed by atoms with E-state index in [1.807, 2.05) is 84.9 Å². The van der Waals surface area contributed by atoms with Crippen molar-refractivity contribution in [1.29, 1.82) is 0 Å². The van der Waals surface area contributed by atoms with Crippen molar-refractivity contribution in [3.8, 4) is 23.0 Å². The molecule has 22 nitrogen and oxygen atoms in total. The molecular weight excluding hydrogens is 1540 g/mol. The Hall–Kier alpha value is -5.55. The predicted octanol–water partition coefficient (Wildman–Crippen LogP) is 1.28. The Morgan fingerprint density at radius 1 is 0.364 bits per heavy atom. The molecule has 0 amide bonds. The van der Waals surface area contributed by atoms with E-state index in [4.69, 9.17) is 47.5 Å². The first-order valence-corrected chi connectivity index (χ1v) is 30.3. The average Bonchev–Trinajstić information content (AvgIpc) is 3.62. The molecular formula is C58H58Br4Cl2N8Ni2O14. The molecule has 4 heterocycles. The van der Waals surface area contributed by atoms with Crippen LogP contribution in [0.3, 0.4) is 0 Å². The van der Waals surface area contributed by atoms with Gasteiger partial charge in [-0.05, 0) is 120 Å². The second-order valence-corrected chi connectivity index (χ2v) is 21.1. The summed E-state index contributed by atoms with van der Waals surface area (Å²) in [5.74, 6) is 0.444. The summed E-state index contributed by atoms with van der Waals surface area (Å²) in [7, 11) is -7.89. The number of phenolic OH excluding ortho intramolecular Hbond substituents is 2. The van der Waals surface area contributed by atoms with E-state index in [2.05, 4.69) is 104 Å². The molecule has 88 heavy (non-hydrogen) atoms. The Bertz CT molecular complexity index is 2800. The van der Waals surface area contributed by atoms with E-state index >= 15 is 0 Å². The van der Waals surface area contributed by atoms with Gasteiger partial charge in [-0.25, -0.2) is 37.3 Å². The normalized spacial score (nSPS) is 10.5. The number of phenols is 2. The number of aromatic nitrogens is 4. The molecule has 0 unspecified atom stereocenters. The molecule has 8 aromatic rings. The third kappa shape index (κ3) is 44.8. The van der Waals surface area contributed by atoms with Gasteiger partial charge in [0.25, 0.3) is 0 Å². The topological polar surface area (TPSA) is 413 Å². The maximum Gasteiger partial charge on any atom is 2.00 e. The number of aromatic hydroxyl groups is 2. The first-order chi connectivity index (χ1) is 41.0. The van der Waals surface area contributed by atoms with Gasteiger partial charge in [-0.1, -0.05) is 112 Å². The Kier molecular flexibility index (Phi) is 48.2. The zero-order chi connectivity index (χ0) is 64.2. The van der Waals surface area contributed by atoms with Gasteiger partial charge in [0.2, 0.25) is 0 Å². The van der Waals surface area contributed by atoms with Crippen LogP contribution >= 0.6 is 63.7 Å². The van der Waals surface area contributed by atoms with E-state index in [1.165, 1.54) is 12.1 Å². The molecule has 4 aromatic heterocycles. The van der Waals surface area contributed by atoms with Gasteiger partial charge < -0.3 is 30.6 Å². The number of pyridine rings is 4. The first-order valence-electron chi connectivity index (χ1n) is 24.6. The number of halogens is 6. The molecule has 0 aliphatic heterocycles. The number of nitrogens with zero attached hydrogens (tertiary/aromatic N) is 8. The largest absolute Gasteiger partial charge is 2.00 e. The van der Waals surface area contributed by atoms with Crippen molar-refractivity contribution in [3.63, 3.8) is 0 Å². The van der Waals surface area contributed by atoms with Crippen LogP contribution in [-0.2, 0) is 58.7 Å². The number of aliphatic hydroxyl groups is 2. The van der Waals surface area contributed by atoms with E-state index in [1.54, 1.807) is 98.2 Å². The summed E-state index contributed by atoms with van der Waals surface area (Å²) in [4.78, 5) is 34.0. The summed E-state index contributed by atoms with van der Waals surface area (Å²) < 4.78 is 71.6. The van der Waals surface area contributed by atoms with Crippen molar-refractivity contribution < 1.29 is 121 Å². The van der Waals surface area contributed by atoms with Crippen molar-refractivity contribution in [1.82, 2.24) is 19.9 Å². The van der Waals surface area contributed by atoms with Crippen LogP contribution in [0, 0.1) is 20.5 Å². The van der Waals surface area contributed by atoms with Gasteiger partial charge >= 0.3 is 33.0 Å². The fourth-order valence-corrected chi connectivity index (χ4v) is 7.57. The van der Waals surface area contributed by atoms with Gasteiger partial charge in [-0.2, -0.15) is 0 Å². The predicted molar refractivity (Wildman–Crippen MR) is 317 cm³/mol. The van der Waals surface area contributed by atoms with Crippen LogP contribution in [0.5, 0.6) is 23.0 Å². The Morgan fingerprint density at radius 3 is 0.807 bits per heavy atom. The first kappa shape index (κ1) is 84.5. The molecule has 30 heteroatoms. The van der Waals surface area contributed by atoms with E-state index in [9.17, 15) is 20.4 Å². The molecule has 0 atom stereocenters. The van der Waals surface area contributed by atoms with Crippen LogP contribution in [0.2, 0.25) is 0 Å². The van der Waals surface area contributed by atoms with Gasteiger partial charge in [0.1, 0.15) is 11.5 Å². The number of hydrogen-bond acceptors (Lipinski definition) is 22. The number of benzene rings is 4. The van der Waals surface area contributed by atoms with E-state index in [-0.39, 0.29) is 56.0 Å². The Morgan fingerprint density at radius 2 is 0.580 bits per heavy atom. The van der Waals surface area contributed by atoms with Crippen molar-refractivity contribution in [2.75, 3.05) is 40.4 Å². The number of rotatable bonds is 16. The summed E-state index contributed by atoms with van der Waals surface area (Å²) in [6.45, 7) is 2.57. The monoisotopic (exact) mass is 1590 g/mol. The van der Waals surface area contributed by atoms with Crippen LogP contribution in [0.15, 0.2) is 208 Å². The fraction of sp³-hybridized carbons (Fsp3) is 0.172. The molecule has 0 fully saturated rings. The fourth-order valence-electron chi connectivity index (χ4n) is 6.05. The Labute approximate surface area is 567 Å². The smallest absolute Gasteiger partial charge is 0.872 e. The maximum atomic E-state index is 11.5. The molecule has 0 radical (unpaired) electrons. The number of aliphatic hydroxyl groups excluding tert-OH is 2. The molecule has 4 aromatic carbocycles. The molecule has 0 saturated heterocycles. The molecule has 0 saturated carbocycles. The standard InChI is InChI=1S/4C14H13BrN2O.2CH4O.2ClHO4.2Ni/c4*15-12-4-5-14(18)11(9-12)10-16-8-6-13-3-1-2-7-17-13;2*1-2;2*2-1(3,4)5;;/h4*1-5,7,9-10,18H,6,8H2;2*2H,1H3;2*(H,2,3,4,5);;/q;;;;;;;;2*+2/p-4. The van der Waals surface area contributed by atoms with Crippen LogP contribution in [-0.4, -0.2) is 106 Å². The molecule has 0 aliphatic rings. The molecule has 476 valence electrons. The van der Waals surface area contributed by atoms with Crippen LogP contribution in [0.1, 0.15) is 45.0 Å². The second-order valence-electron chi connectivity index (χ2n) is 16.0. The third-order valence-corrected chi connectivity index (χ3v) is 11.7. The van der Waals surface area contributed by atoms with Crippen molar-refractivity contribution in [3.05, 3.63) is 233 Å². The van der Waals surface area contributed by atoms with Gasteiger partial charge in [0.15, 0.2) is 0 Å². The molecule has 0 bridgehead atoms. The van der Waals surface area contributed by atoms with Crippen molar-refractivity contribution in [2.24, 2.45) is 20.0 Å². The van der Waals surface area contributed by atoms with Crippen molar-refractivity contribution in [2.45, 2.75) is 25.7 Å². The van der Waals surface area contributed by atoms with E-state index in [0.29, 0.717) is 48.4 Å². The quantitative estimate of drug-likeness (QED) is 0.0782. The minimum Gasteiger partial charge on any atom is -0.872 e. The zero-order valence-electron chi connectivity index (χ0n) is 46.5. The van der Waals surface area contributed by atoms with Gasteiger partial charge in [-0.15, -0.1) is 20.5 Å². The zero-order valence-corrected chi connectivity index (χ0v) is 56.3. The summed E-state index contributed by atoms with van der Waals surface area (Å²) >= 11 is 13.4. The Balaban J connectivity index is 0. The minimum absolute atomic E-state index is 0. The summed E-state index contributed by atoms with van der Waals surface area (Å²) in [6.07, 6.45) is 16.8. The van der Waals surface area contributed by atoms with Crippen molar-refractivity contribution >= 4 is 88.6 Å². The SMILES string of the molecule is CO.CO.Oc1ccc(Br)cc1C=NCCc1ccccn1.Oc1ccc(Br)cc1C=NCCc1ccccn1.[Ni+2].[Ni+2].[O-][Cl+3]([O-])([O-])[O-].[O-][Cl+3]([O-])([O-])[O-].[O-]c1ccc(Br)cc1C=NCCc1ccccn1.[O-]c1ccc(Br)cc1C=NCCc1ccccn1. The molecule has 4 N–H and O–H groups in total. The molecule has 8 rings (SSSR count). The maximum absolute atomic E-state index is 11.5. The number of aliphatic imine (C=N–C) groups is 4. The third-order valence-electron chi connectivity index (χ3n) is 9.74.